The first-order valence-corrected chi connectivity index (χ1v) is 6.74. The Morgan fingerprint density at radius 1 is 1.15 bits per heavy atom. The first-order chi connectivity index (χ1) is 9.72. The monoisotopic (exact) mass is 268 g/mol. The molecule has 3 nitrogen and oxygen atoms in total. The number of rotatable bonds is 3. The molecule has 2 aromatic rings. The molecule has 2 aromatic carbocycles. The maximum atomic E-state index is 12.3. The van der Waals surface area contributed by atoms with E-state index in [0.29, 0.717) is 13.0 Å². The number of fused-ring (bicyclic) bond motifs is 1. The summed E-state index contributed by atoms with van der Waals surface area (Å²) in [5.74, 6) is 1.21. The van der Waals surface area contributed by atoms with Crippen molar-refractivity contribution in [3.05, 3.63) is 59.7 Å². The van der Waals surface area contributed by atoms with Gasteiger partial charge in [0.05, 0.1) is 12.5 Å². The third kappa shape index (κ3) is 2.67. The number of carbonyl (C=O) groups excluding carboxylic acids is 1. The lowest BCUT2D eigenvalue weighted by molar-refractivity contribution is -0.123. The van der Waals surface area contributed by atoms with Crippen molar-refractivity contribution in [3.63, 3.8) is 0 Å². The predicted octanol–water partition coefficient (Wildman–Crippen LogP) is 2.76. The molecular formula is C17H16O3. The molecule has 0 amide bonds. The van der Waals surface area contributed by atoms with Crippen LogP contribution in [0.25, 0.3) is 0 Å². The van der Waals surface area contributed by atoms with E-state index in [0.717, 1.165) is 23.3 Å². The molecule has 0 bridgehead atoms. The van der Waals surface area contributed by atoms with Crippen LogP contribution in [0.2, 0.25) is 0 Å². The van der Waals surface area contributed by atoms with Crippen LogP contribution in [-0.2, 0) is 17.6 Å². The van der Waals surface area contributed by atoms with E-state index in [-0.39, 0.29) is 17.5 Å². The molecule has 0 saturated carbocycles. The van der Waals surface area contributed by atoms with Gasteiger partial charge in [0.1, 0.15) is 17.3 Å². The van der Waals surface area contributed by atoms with Gasteiger partial charge in [0, 0.05) is 6.42 Å². The summed E-state index contributed by atoms with van der Waals surface area (Å²) < 4.78 is 5.65. The van der Waals surface area contributed by atoms with Crippen molar-refractivity contribution in [2.45, 2.75) is 12.8 Å². The number of para-hydroxylation sites is 1. The van der Waals surface area contributed by atoms with Gasteiger partial charge < -0.3 is 9.84 Å². The second-order valence-corrected chi connectivity index (χ2v) is 5.13. The lowest BCUT2D eigenvalue weighted by Gasteiger charge is -2.24. The van der Waals surface area contributed by atoms with Crippen LogP contribution in [0, 0.1) is 5.92 Å². The summed E-state index contributed by atoms with van der Waals surface area (Å²) in [4.78, 5) is 12.3. The van der Waals surface area contributed by atoms with E-state index in [1.807, 2.05) is 24.3 Å². The van der Waals surface area contributed by atoms with Crippen LogP contribution < -0.4 is 4.74 Å². The minimum absolute atomic E-state index is 0.0845. The summed E-state index contributed by atoms with van der Waals surface area (Å²) in [6.07, 6.45) is 1.13. The Hall–Kier alpha value is -2.29. The van der Waals surface area contributed by atoms with E-state index in [2.05, 4.69) is 0 Å². The van der Waals surface area contributed by atoms with Crippen LogP contribution in [0.5, 0.6) is 11.5 Å². The van der Waals surface area contributed by atoms with Gasteiger partial charge in [-0.25, -0.2) is 0 Å². The zero-order valence-corrected chi connectivity index (χ0v) is 11.1. The highest BCUT2D eigenvalue weighted by Gasteiger charge is 2.25. The van der Waals surface area contributed by atoms with Crippen molar-refractivity contribution in [2.75, 3.05) is 6.61 Å². The maximum Gasteiger partial charge on any atom is 0.144 e. The first-order valence-electron chi connectivity index (χ1n) is 6.74. The van der Waals surface area contributed by atoms with Crippen LogP contribution in [0.3, 0.4) is 0 Å². The molecule has 1 aliphatic heterocycles. The number of ether oxygens (including phenoxy) is 1. The highest BCUT2D eigenvalue weighted by atomic mass is 16.5. The number of ketones is 1. The smallest absolute Gasteiger partial charge is 0.144 e. The molecule has 0 aliphatic carbocycles. The minimum Gasteiger partial charge on any atom is -0.508 e. The zero-order chi connectivity index (χ0) is 13.9. The van der Waals surface area contributed by atoms with Gasteiger partial charge in [-0.2, -0.15) is 0 Å². The topological polar surface area (TPSA) is 46.5 Å². The van der Waals surface area contributed by atoms with E-state index < -0.39 is 0 Å². The Morgan fingerprint density at radius 3 is 2.70 bits per heavy atom. The molecule has 0 radical (unpaired) electrons. The first kappa shape index (κ1) is 12.7. The highest BCUT2D eigenvalue weighted by molar-refractivity contribution is 5.84. The Bertz CT molecular complexity index is 616. The number of hydrogen-bond donors (Lipinski definition) is 1. The molecule has 0 aromatic heterocycles. The average Bonchev–Trinajstić information content (AvgIpc) is 2.49. The molecule has 0 saturated heterocycles. The highest BCUT2D eigenvalue weighted by Crippen LogP contribution is 2.27. The number of phenolic OH excluding ortho intramolecular Hbond substituents is 1. The van der Waals surface area contributed by atoms with Crippen molar-refractivity contribution in [1.82, 2.24) is 0 Å². The van der Waals surface area contributed by atoms with Crippen molar-refractivity contribution in [3.8, 4) is 11.5 Å². The standard InChI is InChI=1S/C17H16O3/c18-15-7-5-12(6-8-15)9-16(19)14-10-13-3-1-2-4-17(13)20-11-14/h1-8,14,18H,9-11H2. The van der Waals surface area contributed by atoms with Crippen LogP contribution in [-0.4, -0.2) is 17.5 Å². The van der Waals surface area contributed by atoms with E-state index in [9.17, 15) is 9.90 Å². The van der Waals surface area contributed by atoms with Gasteiger partial charge in [0.15, 0.2) is 0 Å². The second kappa shape index (κ2) is 5.37. The van der Waals surface area contributed by atoms with Crippen molar-refractivity contribution in [1.29, 1.82) is 0 Å². The van der Waals surface area contributed by atoms with Gasteiger partial charge in [0.2, 0.25) is 0 Å². The number of benzene rings is 2. The molecular weight excluding hydrogens is 252 g/mol. The van der Waals surface area contributed by atoms with E-state index in [1.54, 1.807) is 24.3 Å². The van der Waals surface area contributed by atoms with Gasteiger partial charge in [-0.3, -0.25) is 4.79 Å². The lowest BCUT2D eigenvalue weighted by Crippen LogP contribution is -2.29. The fourth-order valence-electron chi connectivity index (χ4n) is 2.49. The molecule has 20 heavy (non-hydrogen) atoms. The minimum atomic E-state index is -0.0845. The van der Waals surface area contributed by atoms with E-state index >= 15 is 0 Å². The molecule has 102 valence electrons. The Kier molecular flexibility index (Phi) is 3.42. The van der Waals surface area contributed by atoms with E-state index in [1.165, 1.54) is 0 Å². The Balaban J connectivity index is 1.68. The third-order valence-corrected chi connectivity index (χ3v) is 3.65. The number of aromatic hydroxyl groups is 1. The quantitative estimate of drug-likeness (QED) is 0.931. The summed E-state index contributed by atoms with van der Waals surface area (Å²) in [6.45, 7) is 0.452. The van der Waals surface area contributed by atoms with Crippen LogP contribution in [0.1, 0.15) is 11.1 Å². The molecule has 1 aliphatic rings. The molecule has 3 heteroatoms. The number of Topliss-reactive ketones (excluding diaryl/α,β-unsaturated/α-hetero) is 1. The molecule has 1 N–H and O–H groups in total. The van der Waals surface area contributed by atoms with Gasteiger partial charge in [-0.1, -0.05) is 30.3 Å². The molecule has 1 unspecified atom stereocenters. The second-order valence-electron chi connectivity index (χ2n) is 5.13. The largest absolute Gasteiger partial charge is 0.508 e. The summed E-state index contributed by atoms with van der Waals surface area (Å²) in [7, 11) is 0. The lowest BCUT2D eigenvalue weighted by atomic mass is 9.90. The SMILES string of the molecule is O=C(Cc1ccc(O)cc1)C1COc2ccccc2C1. The average molecular weight is 268 g/mol. The Labute approximate surface area is 117 Å². The molecule has 1 heterocycles. The fourth-order valence-corrected chi connectivity index (χ4v) is 2.49. The summed E-state index contributed by atoms with van der Waals surface area (Å²) in [6, 6.07) is 14.6. The maximum absolute atomic E-state index is 12.3. The predicted molar refractivity (Wildman–Crippen MR) is 75.9 cm³/mol. The van der Waals surface area contributed by atoms with Gasteiger partial charge in [-0.15, -0.1) is 0 Å². The third-order valence-electron chi connectivity index (χ3n) is 3.65. The molecule has 0 fully saturated rings. The fraction of sp³-hybridized carbons (Fsp3) is 0.235. The van der Waals surface area contributed by atoms with Gasteiger partial charge in [0.25, 0.3) is 0 Å². The van der Waals surface area contributed by atoms with Crippen molar-refractivity contribution >= 4 is 5.78 Å². The van der Waals surface area contributed by atoms with Crippen molar-refractivity contribution in [2.24, 2.45) is 5.92 Å². The van der Waals surface area contributed by atoms with Crippen LogP contribution >= 0.6 is 0 Å². The van der Waals surface area contributed by atoms with E-state index in [4.69, 9.17) is 4.74 Å². The number of hydrogen-bond acceptors (Lipinski definition) is 3. The van der Waals surface area contributed by atoms with Gasteiger partial charge in [-0.05, 0) is 35.7 Å². The summed E-state index contributed by atoms with van der Waals surface area (Å²) >= 11 is 0. The number of phenols is 1. The van der Waals surface area contributed by atoms with Gasteiger partial charge >= 0.3 is 0 Å². The zero-order valence-electron chi connectivity index (χ0n) is 11.1. The molecule has 1 atom stereocenters. The van der Waals surface area contributed by atoms with Crippen molar-refractivity contribution < 1.29 is 14.6 Å². The molecule has 3 rings (SSSR count). The summed E-state index contributed by atoms with van der Waals surface area (Å²) in [5, 5.41) is 9.24. The normalized spacial score (nSPS) is 17.1. The van der Waals surface area contributed by atoms with Crippen LogP contribution in [0.4, 0.5) is 0 Å². The van der Waals surface area contributed by atoms with Crippen LogP contribution in [0.15, 0.2) is 48.5 Å². The molecule has 0 spiro atoms. The number of carbonyl (C=O) groups is 1. The Morgan fingerprint density at radius 2 is 1.90 bits per heavy atom. The summed E-state index contributed by atoms with van der Waals surface area (Å²) in [5.41, 5.74) is 2.02.